The molecule has 6 nitrogen and oxygen atoms in total. The minimum Gasteiger partial charge on any atom is -0.245 e. The van der Waals surface area contributed by atoms with Crippen LogP contribution >= 0.6 is 0 Å². The van der Waals surface area contributed by atoms with Gasteiger partial charge in [0, 0.05) is 26.8 Å². The van der Waals surface area contributed by atoms with Gasteiger partial charge in [0.25, 0.3) is 10.2 Å². The van der Waals surface area contributed by atoms with Crippen molar-refractivity contribution < 1.29 is 8.42 Å². The molecular weight excluding hydrogens is 252 g/mol. The van der Waals surface area contributed by atoms with Gasteiger partial charge in [-0.3, -0.25) is 0 Å². The number of hydrogen-bond donors (Lipinski definition) is 0. The van der Waals surface area contributed by atoms with E-state index in [2.05, 4.69) is 9.97 Å². The molecule has 0 aromatic carbocycles. The van der Waals surface area contributed by atoms with Crippen LogP contribution in [0.25, 0.3) is 0 Å². The molecular formula is C11H18N4O2S. The molecule has 1 aliphatic heterocycles. The summed E-state index contributed by atoms with van der Waals surface area (Å²) in [7, 11) is -0.278. The number of rotatable bonds is 3. The van der Waals surface area contributed by atoms with Gasteiger partial charge in [-0.15, -0.1) is 0 Å². The number of hydrogen-bond acceptors (Lipinski definition) is 4. The van der Waals surface area contributed by atoms with Crippen molar-refractivity contribution in [3.8, 4) is 0 Å². The van der Waals surface area contributed by atoms with Gasteiger partial charge in [-0.1, -0.05) is 6.42 Å². The van der Waals surface area contributed by atoms with Crippen molar-refractivity contribution in [1.82, 2.24) is 18.6 Å². The van der Waals surface area contributed by atoms with Crippen LogP contribution in [0.15, 0.2) is 18.6 Å². The summed E-state index contributed by atoms with van der Waals surface area (Å²) in [6.45, 7) is 0.551. The smallest absolute Gasteiger partial charge is 0.245 e. The van der Waals surface area contributed by atoms with Crippen LogP contribution in [0, 0.1) is 0 Å². The summed E-state index contributed by atoms with van der Waals surface area (Å²) < 4.78 is 27.4. The van der Waals surface area contributed by atoms with Crippen molar-refractivity contribution in [2.75, 3.05) is 20.6 Å². The van der Waals surface area contributed by atoms with Gasteiger partial charge in [0.2, 0.25) is 0 Å². The van der Waals surface area contributed by atoms with Crippen LogP contribution in [0.4, 0.5) is 0 Å². The van der Waals surface area contributed by atoms with E-state index in [4.69, 9.17) is 0 Å². The van der Waals surface area contributed by atoms with Gasteiger partial charge in [0.1, 0.15) is 6.33 Å². The Kier molecular flexibility index (Phi) is 3.94. The van der Waals surface area contributed by atoms with Crippen LogP contribution in [-0.2, 0) is 10.2 Å². The molecule has 1 atom stereocenters. The zero-order valence-electron chi connectivity index (χ0n) is 10.7. The predicted molar refractivity (Wildman–Crippen MR) is 67.9 cm³/mol. The molecule has 1 aromatic rings. The molecule has 2 rings (SSSR count). The second kappa shape index (κ2) is 5.29. The van der Waals surface area contributed by atoms with E-state index in [0.29, 0.717) is 6.54 Å². The molecule has 18 heavy (non-hydrogen) atoms. The molecule has 0 spiro atoms. The largest absolute Gasteiger partial charge is 0.282 e. The first-order valence-electron chi connectivity index (χ1n) is 5.98. The fourth-order valence-corrected chi connectivity index (χ4v) is 3.50. The topological polar surface area (TPSA) is 66.4 Å². The average molecular weight is 270 g/mol. The third-order valence-corrected chi connectivity index (χ3v) is 5.11. The summed E-state index contributed by atoms with van der Waals surface area (Å²) >= 11 is 0. The summed E-state index contributed by atoms with van der Waals surface area (Å²) in [5.74, 6) is 0. The molecule has 100 valence electrons. The highest BCUT2D eigenvalue weighted by atomic mass is 32.2. The first-order chi connectivity index (χ1) is 8.53. The van der Waals surface area contributed by atoms with Crippen molar-refractivity contribution in [3.05, 3.63) is 24.3 Å². The Labute approximate surface area is 108 Å². The first-order valence-corrected chi connectivity index (χ1v) is 7.38. The zero-order valence-corrected chi connectivity index (χ0v) is 11.5. The van der Waals surface area contributed by atoms with E-state index >= 15 is 0 Å². The normalized spacial score (nSPS) is 22.3. The third kappa shape index (κ3) is 2.52. The number of aromatic nitrogens is 2. The summed E-state index contributed by atoms with van der Waals surface area (Å²) in [6.07, 6.45) is 5.84. The SMILES string of the molecule is CN(C)S(=O)(=O)N1CCCC[C@H]1c1ccncn1. The van der Waals surface area contributed by atoms with E-state index in [1.807, 2.05) is 0 Å². The molecule has 0 unspecified atom stereocenters. The molecule has 0 saturated carbocycles. The van der Waals surface area contributed by atoms with Gasteiger partial charge in [-0.05, 0) is 18.9 Å². The summed E-state index contributed by atoms with van der Waals surface area (Å²) in [5.41, 5.74) is 0.773. The molecule has 1 aliphatic rings. The third-order valence-electron chi connectivity index (χ3n) is 3.16. The molecule has 2 heterocycles. The highest BCUT2D eigenvalue weighted by Crippen LogP contribution is 2.32. The standard InChI is InChI=1S/C11H18N4O2S/c1-14(2)18(16,17)15-8-4-3-5-11(15)10-6-7-12-9-13-10/h6-7,9,11H,3-5,8H2,1-2H3/t11-/m0/s1. The van der Waals surface area contributed by atoms with Crippen LogP contribution in [0.3, 0.4) is 0 Å². The summed E-state index contributed by atoms with van der Waals surface area (Å²) in [6, 6.07) is 1.61. The van der Waals surface area contributed by atoms with E-state index in [-0.39, 0.29) is 6.04 Å². The van der Waals surface area contributed by atoms with E-state index in [9.17, 15) is 8.42 Å². The molecule has 1 aromatic heterocycles. The molecule has 0 amide bonds. The lowest BCUT2D eigenvalue weighted by Gasteiger charge is -2.35. The van der Waals surface area contributed by atoms with E-state index < -0.39 is 10.2 Å². The van der Waals surface area contributed by atoms with Gasteiger partial charge in [0.05, 0.1) is 11.7 Å². The molecule has 0 bridgehead atoms. The first kappa shape index (κ1) is 13.4. The fourth-order valence-electron chi connectivity index (χ4n) is 2.18. The Bertz CT molecular complexity index is 489. The Morgan fingerprint density at radius 2 is 2.17 bits per heavy atom. The average Bonchev–Trinajstić information content (AvgIpc) is 2.39. The lowest BCUT2D eigenvalue weighted by molar-refractivity contribution is 0.238. The summed E-state index contributed by atoms with van der Waals surface area (Å²) in [4.78, 5) is 8.06. The highest BCUT2D eigenvalue weighted by molar-refractivity contribution is 7.86. The van der Waals surface area contributed by atoms with Crippen molar-refractivity contribution in [3.63, 3.8) is 0 Å². The molecule has 0 aliphatic carbocycles. The van der Waals surface area contributed by atoms with Crippen LogP contribution in [0.1, 0.15) is 31.0 Å². The lowest BCUT2D eigenvalue weighted by atomic mass is 10.0. The minimum absolute atomic E-state index is 0.172. The van der Waals surface area contributed by atoms with Crippen molar-refractivity contribution in [2.45, 2.75) is 25.3 Å². The van der Waals surface area contributed by atoms with Gasteiger partial charge in [-0.2, -0.15) is 17.0 Å². The second-order valence-electron chi connectivity index (χ2n) is 4.55. The van der Waals surface area contributed by atoms with Gasteiger partial charge >= 0.3 is 0 Å². The van der Waals surface area contributed by atoms with Crippen molar-refractivity contribution in [2.24, 2.45) is 0 Å². The maximum atomic E-state index is 12.3. The zero-order chi connectivity index (χ0) is 13.2. The number of nitrogens with zero attached hydrogens (tertiary/aromatic N) is 4. The summed E-state index contributed by atoms with van der Waals surface area (Å²) in [5, 5.41) is 0. The maximum absolute atomic E-state index is 12.3. The van der Waals surface area contributed by atoms with Crippen molar-refractivity contribution in [1.29, 1.82) is 0 Å². The molecule has 1 saturated heterocycles. The highest BCUT2D eigenvalue weighted by Gasteiger charge is 2.35. The van der Waals surface area contributed by atoms with Crippen LogP contribution in [0.2, 0.25) is 0 Å². The molecule has 0 radical (unpaired) electrons. The Morgan fingerprint density at radius 3 is 2.78 bits per heavy atom. The van der Waals surface area contributed by atoms with Crippen LogP contribution in [-0.4, -0.2) is 47.6 Å². The van der Waals surface area contributed by atoms with E-state index in [1.54, 1.807) is 30.7 Å². The second-order valence-corrected chi connectivity index (χ2v) is 6.64. The monoisotopic (exact) mass is 270 g/mol. The Morgan fingerprint density at radius 1 is 1.39 bits per heavy atom. The predicted octanol–water partition coefficient (Wildman–Crippen LogP) is 0.810. The minimum atomic E-state index is -3.39. The van der Waals surface area contributed by atoms with Gasteiger partial charge < -0.3 is 0 Å². The quantitative estimate of drug-likeness (QED) is 0.815. The fraction of sp³-hybridized carbons (Fsp3) is 0.636. The van der Waals surface area contributed by atoms with Crippen molar-refractivity contribution >= 4 is 10.2 Å². The van der Waals surface area contributed by atoms with E-state index in [0.717, 1.165) is 25.0 Å². The lowest BCUT2D eigenvalue weighted by Crippen LogP contribution is -2.44. The molecule has 0 N–H and O–H groups in total. The Balaban J connectivity index is 2.33. The van der Waals surface area contributed by atoms with Gasteiger partial charge in [0.15, 0.2) is 0 Å². The molecule has 1 fully saturated rings. The van der Waals surface area contributed by atoms with Crippen LogP contribution in [0.5, 0.6) is 0 Å². The van der Waals surface area contributed by atoms with E-state index in [1.165, 1.54) is 10.6 Å². The van der Waals surface area contributed by atoms with Crippen LogP contribution < -0.4 is 0 Å². The maximum Gasteiger partial charge on any atom is 0.282 e. The Hall–Kier alpha value is -1.05. The molecule has 7 heteroatoms. The number of piperidine rings is 1. The van der Waals surface area contributed by atoms with Gasteiger partial charge in [-0.25, -0.2) is 9.97 Å².